The van der Waals surface area contributed by atoms with E-state index in [0.717, 1.165) is 12.8 Å². The molecule has 19 heavy (non-hydrogen) atoms. The van der Waals surface area contributed by atoms with Gasteiger partial charge in [0.1, 0.15) is 0 Å². The summed E-state index contributed by atoms with van der Waals surface area (Å²) in [5, 5.41) is 10.3. The maximum absolute atomic E-state index is 10.3. The van der Waals surface area contributed by atoms with Crippen molar-refractivity contribution in [2.24, 2.45) is 17.3 Å². The molecule has 100 valence electrons. The lowest BCUT2D eigenvalue weighted by Crippen LogP contribution is -2.39. The van der Waals surface area contributed by atoms with Gasteiger partial charge >= 0.3 is 0 Å². The van der Waals surface area contributed by atoms with Crippen molar-refractivity contribution < 1.29 is 5.11 Å². The molecule has 1 N–H and O–H groups in total. The lowest BCUT2D eigenvalue weighted by molar-refractivity contribution is 0.0251. The zero-order chi connectivity index (χ0) is 13.0. The molecular weight excluding hydrogens is 232 g/mol. The maximum Gasteiger partial charge on any atom is 0.0599 e. The third-order valence-corrected chi connectivity index (χ3v) is 6.06. The number of aliphatic hydroxyl groups is 1. The zero-order valence-electron chi connectivity index (χ0n) is 11.6. The molecule has 4 atom stereocenters. The molecule has 0 amide bonds. The monoisotopic (exact) mass is 254 g/mol. The first-order valence-corrected chi connectivity index (χ1v) is 7.66. The van der Waals surface area contributed by atoms with Gasteiger partial charge in [-0.1, -0.05) is 37.3 Å². The maximum atomic E-state index is 10.3. The number of aliphatic hydroxyl groups excluding tert-OH is 1. The Morgan fingerprint density at radius 1 is 1.16 bits per heavy atom. The van der Waals surface area contributed by atoms with Crippen LogP contribution in [0.5, 0.6) is 0 Å². The number of rotatable bonds is 0. The highest BCUT2D eigenvalue weighted by molar-refractivity contribution is 5.73. The lowest BCUT2D eigenvalue weighted by Gasteiger charge is -2.45. The molecule has 3 aliphatic rings. The normalized spacial score (nSPS) is 40.1. The third kappa shape index (κ3) is 1.51. The second-order valence-corrected chi connectivity index (χ2v) is 6.87. The van der Waals surface area contributed by atoms with Crippen LogP contribution in [0.15, 0.2) is 30.3 Å². The van der Waals surface area contributed by atoms with Crippen molar-refractivity contribution in [3.05, 3.63) is 41.5 Å². The fourth-order valence-electron chi connectivity index (χ4n) is 4.89. The van der Waals surface area contributed by atoms with E-state index in [-0.39, 0.29) is 11.5 Å². The van der Waals surface area contributed by atoms with Crippen molar-refractivity contribution in [3.8, 4) is 0 Å². The van der Waals surface area contributed by atoms with Gasteiger partial charge in [0.15, 0.2) is 0 Å². The van der Waals surface area contributed by atoms with E-state index in [9.17, 15) is 5.11 Å². The lowest BCUT2D eigenvalue weighted by atomic mass is 9.60. The summed E-state index contributed by atoms with van der Waals surface area (Å²) in [7, 11) is 0. The Morgan fingerprint density at radius 3 is 2.89 bits per heavy atom. The predicted molar refractivity (Wildman–Crippen MR) is 77.7 cm³/mol. The third-order valence-electron chi connectivity index (χ3n) is 6.06. The summed E-state index contributed by atoms with van der Waals surface area (Å²) in [6.07, 6.45) is 8.10. The Kier molecular flexibility index (Phi) is 2.44. The highest BCUT2D eigenvalue weighted by atomic mass is 16.3. The minimum Gasteiger partial charge on any atom is -0.393 e. The molecule has 0 radical (unpaired) electrons. The second kappa shape index (κ2) is 3.96. The van der Waals surface area contributed by atoms with Crippen LogP contribution in [0.4, 0.5) is 0 Å². The van der Waals surface area contributed by atoms with Gasteiger partial charge < -0.3 is 5.11 Å². The van der Waals surface area contributed by atoms with E-state index in [4.69, 9.17) is 0 Å². The van der Waals surface area contributed by atoms with E-state index in [1.165, 1.54) is 30.4 Å². The van der Waals surface area contributed by atoms with Crippen molar-refractivity contribution in [3.63, 3.8) is 0 Å². The summed E-state index contributed by atoms with van der Waals surface area (Å²) in [5.41, 5.74) is 4.73. The van der Waals surface area contributed by atoms with Gasteiger partial charge in [-0.25, -0.2) is 0 Å². The van der Waals surface area contributed by atoms with Gasteiger partial charge in [-0.3, -0.25) is 0 Å². The molecule has 0 saturated heterocycles. The van der Waals surface area contributed by atoms with Gasteiger partial charge in [0.2, 0.25) is 0 Å². The van der Waals surface area contributed by atoms with Crippen LogP contribution in [-0.2, 0) is 6.42 Å². The molecule has 1 fully saturated rings. The van der Waals surface area contributed by atoms with Crippen molar-refractivity contribution in [1.82, 2.24) is 0 Å². The number of hydrogen-bond acceptors (Lipinski definition) is 1. The van der Waals surface area contributed by atoms with Gasteiger partial charge in [0.25, 0.3) is 0 Å². The minimum atomic E-state index is -0.0903. The van der Waals surface area contributed by atoms with E-state index in [2.05, 4.69) is 37.3 Å². The molecular formula is C18H22O. The van der Waals surface area contributed by atoms with E-state index in [0.29, 0.717) is 11.8 Å². The van der Waals surface area contributed by atoms with Crippen LogP contribution in [0.1, 0.15) is 43.7 Å². The average Bonchev–Trinajstić information content (AvgIpc) is 2.75. The zero-order valence-corrected chi connectivity index (χ0v) is 11.6. The first-order valence-electron chi connectivity index (χ1n) is 7.66. The SMILES string of the molecule is C[C@]12CC=C3c4ccccc4CCC3[C@@H]1CC[C@@H]2O. The minimum absolute atomic E-state index is 0.0903. The fourth-order valence-corrected chi connectivity index (χ4v) is 4.89. The summed E-state index contributed by atoms with van der Waals surface area (Å²) in [6.45, 7) is 2.31. The Labute approximate surface area is 115 Å². The first kappa shape index (κ1) is 11.7. The van der Waals surface area contributed by atoms with Crippen molar-refractivity contribution >= 4 is 5.57 Å². The van der Waals surface area contributed by atoms with Gasteiger partial charge in [-0.15, -0.1) is 0 Å². The molecule has 3 aliphatic carbocycles. The molecule has 1 heteroatoms. The predicted octanol–water partition coefficient (Wildman–Crippen LogP) is 3.81. The Bertz CT molecular complexity index is 544. The molecule has 0 bridgehead atoms. The van der Waals surface area contributed by atoms with E-state index in [1.54, 1.807) is 5.57 Å². The Balaban J connectivity index is 1.80. The summed E-state index contributed by atoms with van der Waals surface area (Å²) in [5.74, 6) is 1.38. The van der Waals surface area contributed by atoms with Gasteiger partial charge in [-0.05, 0) is 60.6 Å². The number of hydrogen-bond donors (Lipinski definition) is 1. The summed E-state index contributed by atoms with van der Waals surface area (Å²) in [6, 6.07) is 8.90. The fraction of sp³-hybridized carbons (Fsp3) is 0.556. The molecule has 1 nitrogen and oxygen atoms in total. The molecule has 1 unspecified atom stereocenters. The Morgan fingerprint density at radius 2 is 2.00 bits per heavy atom. The largest absolute Gasteiger partial charge is 0.393 e. The highest BCUT2D eigenvalue weighted by Crippen LogP contribution is 2.58. The topological polar surface area (TPSA) is 20.2 Å². The Hall–Kier alpha value is -1.08. The van der Waals surface area contributed by atoms with Gasteiger partial charge in [0.05, 0.1) is 6.10 Å². The number of aryl methyl sites for hydroxylation is 1. The molecule has 0 spiro atoms. The summed E-state index contributed by atoms with van der Waals surface area (Å²) < 4.78 is 0. The molecule has 1 aromatic rings. The smallest absolute Gasteiger partial charge is 0.0599 e. The quantitative estimate of drug-likeness (QED) is 0.746. The second-order valence-electron chi connectivity index (χ2n) is 6.87. The van der Waals surface area contributed by atoms with E-state index >= 15 is 0 Å². The van der Waals surface area contributed by atoms with Crippen LogP contribution >= 0.6 is 0 Å². The molecule has 1 aromatic carbocycles. The van der Waals surface area contributed by atoms with Crippen LogP contribution in [0.2, 0.25) is 0 Å². The summed E-state index contributed by atoms with van der Waals surface area (Å²) >= 11 is 0. The molecule has 0 aliphatic heterocycles. The van der Waals surface area contributed by atoms with Gasteiger partial charge in [-0.2, -0.15) is 0 Å². The van der Waals surface area contributed by atoms with Crippen molar-refractivity contribution in [1.29, 1.82) is 0 Å². The molecule has 0 aromatic heterocycles. The first-order chi connectivity index (χ1) is 9.20. The van der Waals surface area contributed by atoms with Crippen LogP contribution in [0.3, 0.4) is 0 Å². The van der Waals surface area contributed by atoms with Crippen molar-refractivity contribution in [2.75, 3.05) is 0 Å². The number of fused-ring (bicyclic) bond motifs is 5. The van der Waals surface area contributed by atoms with E-state index in [1.807, 2.05) is 0 Å². The van der Waals surface area contributed by atoms with Crippen LogP contribution < -0.4 is 0 Å². The number of allylic oxidation sites excluding steroid dienone is 2. The standard InChI is InChI=1S/C18H22O/c1-18-11-10-14-13-5-3-2-4-12(13)6-7-15(14)16(18)8-9-17(18)19/h2-5,10,15-17,19H,6-9,11H2,1H3/t15?,16-,17-,18-/m0/s1. The van der Waals surface area contributed by atoms with Crippen molar-refractivity contribution in [2.45, 2.75) is 45.1 Å². The number of benzene rings is 1. The average molecular weight is 254 g/mol. The molecule has 4 rings (SSSR count). The molecule has 0 heterocycles. The van der Waals surface area contributed by atoms with Gasteiger partial charge in [0, 0.05) is 5.41 Å². The summed E-state index contributed by atoms with van der Waals surface area (Å²) in [4.78, 5) is 0. The van der Waals surface area contributed by atoms with Crippen LogP contribution in [0.25, 0.3) is 5.57 Å². The van der Waals surface area contributed by atoms with E-state index < -0.39 is 0 Å². The van der Waals surface area contributed by atoms with Crippen LogP contribution in [0, 0.1) is 17.3 Å². The highest BCUT2D eigenvalue weighted by Gasteiger charge is 2.51. The molecule has 1 saturated carbocycles. The van der Waals surface area contributed by atoms with Crippen LogP contribution in [-0.4, -0.2) is 11.2 Å².